The van der Waals surface area contributed by atoms with Crippen LogP contribution in [0.1, 0.15) is 136 Å². The average molecular weight is 417 g/mol. The van der Waals surface area contributed by atoms with Crippen LogP contribution in [0.25, 0.3) is 0 Å². The zero-order valence-electron chi connectivity index (χ0n) is 20.1. The monoisotopic (exact) mass is 416 g/mol. The minimum Gasteiger partial charge on any atom is -0.431 e. The van der Waals surface area contributed by atoms with E-state index >= 15 is 0 Å². The molecule has 1 aliphatic carbocycles. The van der Waals surface area contributed by atoms with Crippen molar-refractivity contribution in [1.82, 2.24) is 0 Å². The van der Waals surface area contributed by atoms with E-state index in [0.717, 1.165) is 31.4 Å². The summed E-state index contributed by atoms with van der Waals surface area (Å²) in [4.78, 5) is 12.1. The Labute approximate surface area is 187 Å². The van der Waals surface area contributed by atoms with Crippen LogP contribution in [0.2, 0.25) is 0 Å². The number of ether oxygens (including phenoxy) is 1. The second kappa shape index (κ2) is 19.6. The largest absolute Gasteiger partial charge is 0.431 e. The van der Waals surface area contributed by atoms with E-state index in [0.29, 0.717) is 12.8 Å². The Morgan fingerprint density at radius 1 is 0.767 bits per heavy atom. The second-order valence-electron chi connectivity index (χ2n) is 8.91. The first-order chi connectivity index (χ1) is 14.8. The SMILES string of the molecule is CCCCCCCCCCCCCCCCCC(=O)OC1=CC(CCC)=CC=CC1. The van der Waals surface area contributed by atoms with Crippen LogP contribution in [0.4, 0.5) is 0 Å². The molecule has 0 bridgehead atoms. The number of carbonyl (C=O) groups excluding carboxylic acids is 1. The summed E-state index contributed by atoms with van der Waals surface area (Å²) in [6, 6.07) is 0. The van der Waals surface area contributed by atoms with Gasteiger partial charge in [-0.25, -0.2) is 0 Å². The molecule has 172 valence electrons. The number of unbranched alkanes of at least 4 members (excludes halogenated alkanes) is 14. The molecule has 0 atom stereocenters. The summed E-state index contributed by atoms with van der Waals surface area (Å²) < 4.78 is 5.60. The summed E-state index contributed by atoms with van der Waals surface area (Å²) in [5.74, 6) is 0.733. The van der Waals surface area contributed by atoms with Crippen LogP contribution in [0.5, 0.6) is 0 Å². The van der Waals surface area contributed by atoms with Gasteiger partial charge in [-0.2, -0.15) is 0 Å². The first-order valence-corrected chi connectivity index (χ1v) is 13.0. The standard InChI is InChI=1S/C28H48O2/c1-3-5-6-7-8-9-10-11-12-13-14-15-16-17-18-24-28(29)30-27-23-20-19-22-26(25-27)21-4-2/h19-20,22,25H,3-18,21,23-24H2,1-2H3. The van der Waals surface area contributed by atoms with Gasteiger partial charge in [0.05, 0.1) is 0 Å². The Morgan fingerprint density at radius 3 is 1.83 bits per heavy atom. The third-order valence-electron chi connectivity index (χ3n) is 5.88. The van der Waals surface area contributed by atoms with Crippen molar-refractivity contribution in [3.8, 4) is 0 Å². The molecule has 0 aromatic carbocycles. The highest BCUT2D eigenvalue weighted by Gasteiger charge is 2.08. The lowest BCUT2D eigenvalue weighted by Gasteiger charge is -2.08. The van der Waals surface area contributed by atoms with E-state index < -0.39 is 0 Å². The molecule has 0 aromatic rings. The smallest absolute Gasteiger partial charge is 0.310 e. The Bertz CT molecular complexity index is 513. The molecular formula is C28H48O2. The number of rotatable bonds is 19. The molecule has 1 aliphatic rings. The van der Waals surface area contributed by atoms with Gasteiger partial charge in [-0.05, 0) is 24.5 Å². The highest BCUT2D eigenvalue weighted by molar-refractivity contribution is 5.70. The van der Waals surface area contributed by atoms with E-state index in [9.17, 15) is 4.79 Å². The maximum Gasteiger partial charge on any atom is 0.310 e. The lowest BCUT2D eigenvalue weighted by molar-refractivity contribution is -0.139. The van der Waals surface area contributed by atoms with Gasteiger partial charge in [0, 0.05) is 12.8 Å². The highest BCUT2D eigenvalue weighted by atomic mass is 16.5. The number of hydrogen-bond acceptors (Lipinski definition) is 2. The van der Waals surface area contributed by atoms with Crippen molar-refractivity contribution in [1.29, 1.82) is 0 Å². The molecule has 2 heteroatoms. The number of hydrogen-bond donors (Lipinski definition) is 0. The molecule has 0 spiro atoms. The summed E-state index contributed by atoms with van der Waals surface area (Å²) in [7, 11) is 0. The topological polar surface area (TPSA) is 26.3 Å². The zero-order chi connectivity index (χ0) is 21.7. The molecule has 30 heavy (non-hydrogen) atoms. The van der Waals surface area contributed by atoms with Crippen LogP contribution in [0.15, 0.2) is 35.6 Å². The molecule has 0 saturated heterocycles. The number of carbonyl (C=O) groups is 1. The quantitative estimate of drug-likeness (QED) is 0.155. The molecule has 1 rings (SSSR count). The maximum atomic E-state index is 12.1. The van der Waals surface area contributed by atoms with Crippen LogP contribution in [0.3, 0.4) is 0 Å². The minimum atomic E-state index is -0.0675. The van der Waals surface area contributed by atoms with Gasteiger partial charge >= 0.3 is 5.97 Å². The van der Waals surface area contributed by atoms with Gasteiger partial charge in [0.2, 0.25) is 0 Å². The summed E-state index contributed by atoms with van der Waals surface area (Å²) in [6.45, 7) is 4.45. The van der Waals surface area contributed by atoms with Gasteiger partial charge in [-0.3, -0.25) is 4.79 Å². The van der Waals surface area contributed by atoms with Gasteiger partial charge in [0.15, 0.2) is 0 Å². The molecule has 0 fully saturated rings. The Balaban J connectivity index is 1.91. The van der Waals surface area contributed by atoms with Gasteiger partial charge < -0.3 is 4.74 Å². The van der Waals surface area contributed by atoms with Gasteiger partial charge in [-0.15, -0.1) is 0 Å². The van der Waals surface area contributed by atoms with E-state index in [4.69, 9.17) is 4.74 Å². The van der Waals surface area contributed by atoms with E-state index in [2.05, 4.69) is 32.1 Å². The van der Waals surface area contributed by atoms with Crippen molar-refractivity contribution < 1.29 is 9.53 Å². The Morgan fingerprint density at radius 2 is 1.30 bits per heavy atom. The van der Waals surface area contributed by atoms with Crippen molar-refractivity contribution in [2.24, 2.45) is 0 Å². The molecule has 0 unspecified atom stereocenters. The van der Waals surface area contributed by atoms with Crippen LogP contribution >= 0.6 is 0 Å². The highest BCUT2D eigenvalue weighted by Crippen LogP contribution is 2.19. The summed E-state index contributed by atoms with van der Waals surface area (Å²) in [6.07, 6.45) is 31.9. The molecule has 0 aliphatic heterocycles. The third-order valence-corrected chi connectivity index (χ3v) is 5.88. The molecule has 0 saturated carbocycles. The van der Waals surface area contributed by atoms with E-state index in [1.807, 2.05) is 6.08 Å². The Hall–Kier alpha value is -1.31. The van der Waals surface area contributed by atoms with Crippen LogP contribution in [-0.4, -0.2) is 5.97 Å². The van der Waals surface area contributed by atoms with Gasteiger partial charge in [0.25, 0.3) is 0 Å². The molecule has 0 heterocycles. The minimum absolute atomic E-state index is 0.0675. The average Bonchev–Trinajstić information content (AvgIpc) is 2.96. The molecular weight excluding hydrogens is 368 g/mol. The fourth-order valence-electron chi connectivity index (χ4n) is 4.04. The van der Waals surface area contributed by atoms with Crippen molar-refractivity contribution in [3.63, 3.8) is 0 Å². The number of allylic oxidation sites excluding steroid dienone is 5. The van der Waals surface area contributed by atoms with Gasteiger partial charge in [0.1, 0.15) is 5.76 Å². The van der Waals surface area contributed by atoms with E-state index in [1.54, 1.807) is 0 Å². The van der Waals surface area contributed by atoms with E-state index in [-0.39, 0.29) is 5.97 Å². The maximum absolute atomic E-state index is 12.1. The fraction of sp³-hybridized carbons (Fsp3) is 0.750. The molecule has 0 amide bonds. The summed E-state index contributed by atoms with van der Waals surface area (Å²) >= 11 is 0. The first kappa shape index (κ1) is 26.7. The van der Waals surface area contributed by atoms with Gasteiger partial charge in [-0.1, -0.05) is 128 Å². The second-order valence-corrected chi connectivity index (χ2v) is 8.91. The molecule has 0 aromatic heterocycles. The van der Waals surface area contributed by atoms with Crippen molar-refractivity contribution in [2.75, 3.05) is 0 Å². The van der Waals surface area contributed by atoms with Crippen molar-refractivity contribution >= 4 is 5.97 Å². The predicted octanol–water partition coefficient (Wildman–Crippen LogP) is 9.36. The lowest BCUT2D eigenvalue weighted by Crippen LogP contribution is -2.04. The van der Waals surface area contributed by atoms with E-state index in [1.165, 1.54) is 89.0 Å². The molecule has 0 radical (unpaired) electrons. The molecule has 0 N–H and O–H groups in total. The number of esters is 1. The lowest BCUT2D eigenvalue weighted by atomic mass is 10.0. The van der Waals surface area contributed by atoms with Crippen molar-refractivity contribution in [2.45, 2.75) is 136 Å². The fourth-order valence-corrected chi connectivity index (χ4v) is 4.04. The zero-order valence-corrected chi connectivity index (χ0v) is 20.1. The van der Waals surface area contributed by atoms with Crippen LogP contribution in [-0.2, 0) is 9.53 Å². The van der Waals surface area contributed by atoms with Crippen LogP contribution in [0, 0.1) is 0 Å². The summed E-state index contributed by atoms with van der Waals surface area (Å²) in [5.41, 5.74) is 1.25. The first-order valence-electron chi connectivity index (χ1n) is 13.0. The normalized spacial score (nSPS) is 13.7. The molecule has 2 nitrogen and oxygen atoms in total. The van der Waals surface area contributed by atoms with Crippen LogP contribution < -0.4 is 0 Å². The third kappa shape index (κ3) is 15.5. The van der Waals surface area contributed by atoms with Crippen molar-refractivity contribution in [3.05, 3.63) is 35.6 Å². The summed E-state index contributed by atoms with van der Waals surface area (Å²) in [5, 5.41) is 0. The predicted molar refractivity (Wildman–Crippen MR) is 130 cm³/mol. The Kier molecular flexibility index (Phi) is 17.5.